The Morgan fingerprint density at radius 1 is 0.842 bits per heavy atom. The second-order valence-corrected chi connectivity index (χ2v) is 10.0. The fourth-order valence-corrected chi connectivity index (χ4v) is 4.97. The van der Waals surface area contributed by atoms with Crippen LogP contribution in [0.15, 0.2) is 65.7 Å². The molecule has 0 spiro atoms. The first kappa shape index (κ1) is 27.1. The van der Waals surface area contributed by atoms with E-state index in [1.165, 1.54) is 18.3 Å². The number of rotatable bonds is 5. The zero-order chi connectivity index (χ0) is 27.7. The van der Waals surface area contributed by atoms with Crippen LogP contribution in [0.2, 0.25) is 0 Å². The minimum absolute atomic E-state index is 0.0464. The quantitative estimate of drug-likeness (QED) is 0.440. The molecule has 1 aliphatic heterocycles. The van der Waals surface area contributed by atoms with Gasteiger partial charge in [0.2, 0.25) is 0 Å². The lowest BCUT2D eigenvalue weighted by atomic mass is 10.1. The molecule has 0 saturated carbocycles. The number of nitrogens with one attached hydrogen (secondary N) is 1. The molecule has 38 heavy (non-hydrogen) atoms. The monoisotopic (exact) mass is 555 g/mol. The molecule has 1 aromatic heterocycles. The molecule has 1 aliphatic rings. The van der Waals surface area contributed by atoms with Crippen LogP contribution in [0.4, 0.5) is 43.5 Å². The summed E-state index contributed by atoms with van der Waals surface area (Å²) < 4.78 is 105. The van der Waals surface area contributed by atoms with Gasteiger partial charge in [0.1, 0.15) is 11.9 Å². The highest BCUT2D eigenvalue weighted by Gasteiger charge is 2.32. The maximum absolute atomic E-state index is 13.0. The van der Waals surface area contributed by atoms with Crippen LogP contribution in [0.25, 0.3) is 0 Å². The zero-order valence-electron chi connectivity index (χ0n) is 19.4. The molecule has 0 radical (unpaired) electrons. The predicted molar refractivity (Wildman–Crippen MR) is 127 cm³/mol. The third-order valence-electron chi connectivity index (χ3n) is 5.85. The number of halogens is 6. The Hall–Kier alpha value is -3.99. The van der Waals surface area contributed by atoms with Crippen LogP contribution in [-0.4, -0.2) is 39.6 Å². The summed E-state index contributed by atoms with van der Waals surface area (Å²) in [7, 11) is -4.26. The van der Waals surface area contributed by atoms with E-state index in [9.17, 15) is 40.0 Å². The minimum Gasteiger partial charge on any atom is -0.368 e. The molecule has 3 aromatic rings. The van der Waals surface area contributed by atoms with Gasteiger partial charge < -0.3 is 9.80 Å². The number of sulfonamides is 1. The number of nitriles is 1. The van der Waals surface area contributed by atoms with Crippen LogP contribution in [-0.2, 0) is 22.4 Å². The smallest absolute Gasteiger partial charge is 0.368 e. The Kier molecular flexibility index (Phi) is 7.16. The molecule has 2 heterocycles. The van der Waals surface area contributed by atoms with Crippen molar-refractivity contribution in [1.29, 1.82) is 5.26 Å². The topological polar surface area (TPSA) is 89.3 Å². The van der Waals surface area contributed by atoms with Crippen LogP contribution < -0.4 is 14.5 Å². The van der Waals surface area contributed by atoms with Gasteiger partial charge in [0, 0.05) is 31.9 Å². The van der Waals surface area contributed by atoms with E-state index >= 15 is 0 Å². The van der Waals surface area contributed by atoms with Gasteiger partial charge in [0.15, 0.2) is 0 Å². The summed E-state index contributed by atoms with van der Waals surface area (Å²) >= 11 is 0. The van der Waals surface area contributed by atoms with Crippen molar-refractivity contribution in [2.75, 3.05) is 40.7 Å². The van der Waals surface area contributed by atoms with E-state index in [-0.39, 0.29) is 17.1 Å². The normalized spacial score (nSPS) is 14.8. The van der Waals surface area contributed by atoms with Crippen LogP contribution in [0.5, 0.6) is 0 Å². The molecule has 0 unspecified atom stereocenters. The lowest BCUT2D eigenvalue weighted by Gasteiger charge is -2.37. The predicted octanol–water partition coefficient (Wildman–Crippen LogP) is 5.12. The minimum atomic E-state index is -4.62. The SMILES string of the molecule is N#Cc1cc(NS(=O)(=O)c2ccc(C(F)(F)F)cc2)cnc1N1CCN(c2cccc(C(F)(F)F)c2)CC1. The van der Waals surface area contributed by atoms with E-state index < -0.39 is 38.4 Å². The molecular weight excluding hydrogens is 536 g/mol. The molecule has 0 bridgehead atoms. The molecule has 7 nitrogen and oxygen atoms in total. The van der Waals surface area contributed by atoms with Crippen molar-refractivity contribution in [2.24, 2.45) is 0 Å². The second kappa shape index (κ2) is 10.1. The third kappa shape index (κ3) is 5.94. The average Bonchev–Trinajstić information content (AvgIpc) is 2.88. The van der Waals surface area contributed by atoms with Crippen molar-refractivity contribution < 1.29 is 34.8 Å². The van der Waals surface area contributed by atoms with Gasteiger partial charge in [-0.3, -0.25) is 4.72 Å². The van der Waals surface area contributed by atoms with Crippen molar-refractivity contribution in [3.05, 3.63) is 77.5 Å². The van der Waals surface area contributed by atoms with Gasteiger partial charge in [-0.05, 0) is 48.5 Å². The van der Waals surface area contributed by atoms with Crippen molar-refractivity contribution in [3.8, 4) is 6.07 Å². The van der Waals surface area contributed by atoms with E-state index in [1.807, 2.05) is 6.07 Å². The molecule has 200 valence electrons. The largest absolute Gasteiger partial charge is 0.416 e. The lowest BCUT2D eigenvalue weighted by molar-refractivity contribution is -0.138. The van der Waals surface area contributed by atoms with Crippen LogP contribution >= 0.6 is 0 Å². The van der Waals surface area contributed by atoms with E-state index in [4.69, 9.17) is 0 Å². The number of aromatic nitrogens is 1. The number of benzene rings is 2. The van der Waals surface area contributed by atoms with Gasteiger partial charge in [-0.15, -0.1) is 0 Å². The molecule has 4 rings (SSSR count). The van der Waals surface area contributed by atoms with E-state index in [1.54, 1.807) is 15.9 Å². The number of anilines is 3. The van der Waals surface area contributed by atoms with Crippen LogP contribution in [0, 0.1) is 11.3 Å². The van der Waals surface area contributed by atoms with Crippen molar-refractivity contribution in [1.82, 2.24) is 4.98 Å². The molecule has 0 atom stereocenters. The van der Waals surface area contributed by atoms with Gasteiger partial charge in [-0.2, -0.15) is 31.6 Å². The average molecular weight is 556 g/mol. The molecular formula is C24H19F6N5O2S. The van der Waals surface area contributed by atoms with Crippen molar-refractivity contribution in [3.63, 3.8) is 0 Å². The Bertz CT molecular complexity index is 1460. The standard InChI is InChI=1S/C24H19F6N5O2S/c25-23(26,27)17-4-6-21(7-5-17)38(36,37)33-19-12-16(14-31)22(32-15-19)35-10-8-34(9-11-35)20-3-1-2-18(13-20)24(28,29)30/h1-7,12-13,15,33H,8-11H2. The van der Waals surface area contributed by atoms with E-state index in [0.29, 0.717) is 44.0 Å². The molecule has 1 fully saturated rings. The summed E-state index contributed by atoms with van der Waals surface area (Å²) in [6, 6.07) is 11.1. The van der Waals surface area contributed by atoms with Crippen LogP contribution in [0.3, 0.4) is 0 Å². The maximum Gasteiger partial charge on any atom is 0.416 e. The summed E-state index contributed by atoms with van der Waals surface area (Å²) in [5.41, 5.74) is -1.35. The summed E-state index contributed by atoms with van der Waals surface area (Å²) in [5, 5.41) is 9.62. The highest BCUT2D eigenvalue weighted by Crippen LogP contribution is 2.33. The number of nitrogens with zero attached hydrogens (tertiary/aromatic N) is 4. The van der Waals surface area contributed by atoms with Gasteiger partial charge in [-0.1, -0.05) is 6.07 Å². The second-order valence-electron chi connectivity index (χ2n) is 8.36. The number of piperazine rings is 1. The van der Waals surface area contributed by atoms with Gasteiger partial charge in [-0.25, -0.2) is 13.4 Å². The Balaban J connectivity index is 1.46. The number of hydrogen-bond acceptors (Lipinski definition) is 6. The Morgan fingerprint density at radius 2 is 1.45 bits per heavy atom. The van der Waals surface area contributed by atoms with Gasteiger partial charge >= 0.3 is 12.4 Å². The lowest BCUT2D eigenvalue weighted by Crippen LogP contribution is -2.47. The highest BCUT2D eigenvalue weighted by atomic mass is 32.2. The van der Waals surface area contributed by atoms with Crippen molar-refractivity contribution >= 4 is 27.2 Å². The van der Waals surface area contributed by atoms with E-state index in [0.717, 1.165) is 24.3 Å². The first-order valence-electron chi connectivity index (χ1n) is 11.1. The molecule has 0 aliphatic carbocycles. The Labute approximate surface area is 214 Å². The van der Waals surface area contributed by atoms with Gasteiger partial charge in [0.25, 0.3) is 10.0 Å². The number of pyridine rings is 1. The Morgan fingerprint density at radius 3 is 2.03 bits per heavy atom. The fourth-order valence-electron chi connectivity index (χ4n) is 3.94. The fraction of sp³-hybridized carbons (Fsp3) is 0.250. The highest BCUT2D eigenvalue weighted by molar-refractivity contribution is 7.92. The summed E-state index contributed by atoms with van der Waals surface area (Å²) in [6.45, 7) is 1.40. The number of alkyl halides is 6. The molecule has 0 amide bonds. The van der Waals surface area contributed by atoms with Crippen molar-refractivity contribution in [2.45, 2.75) is 17.2 Å². The maximum atomic E-state index is 13.0. The van der Waals surface area contributed by atoms with Crippen LogP contribution in [0.1, 0.15) is 16.7 Å². The number of hydrogen-bond donors (Lipinski definition) is 1. The summed E-state index contributed by atoms with van der Waals surface area (Å²) in [6.07, 6.45) is -7.90. The molecule has 1 N–H and O–H groups in total. The first-order chi connectivity index (χ1) is 17.8. The zero-order valence-corrected chi connectivity index (χ0v) is 20.2. The molecule has 1 saturated heterocycles. The molecule has 2 aromatic carbocycles. The summed E-state index contributed by atoms with van der Waals surface area (Å²) in [5.74, 6) is 0.272. The summed E-state index contributed by atoms with van der Waals surface area (Å²) in [4.78, 5) is 7.34. The first-order valence-corrected chi connectivity index (χ1v) is 12.5. The third-order valence-corrected chi connectivity index (χ3v) is 7.25. The van der Waals surface area contributed by atoms with Gasteiger partial charge in [0.05, 0.1) is 33.5 Å². The molecule has 14 heteroatoms. The van der Waals surface area contributed by atoms with E-state index in [2.05, 4.69) is 9.71 Å².